The number of carbonyl (C=O) groups excluding carboxylic acids is 1. The van der Waals surface area contributed by atoms with Gasteiger partial charge in [-0.05, 0) is 67.9 Å². The quantitative estimate of drug-likeness (QED) is 0.696. The van der Waals surface area contributed by atoms with Crippen molar-refractivity contribution in [2.45, 2.75) is 49.3 Å². The fraction of sp³-hybridized carbons (Fsp3) is 0.611. The summed E-state index contributed by atoms with van der Waals surface area (Å²) in [6, 6.07) is 7.46. The molecular formula is C18H21BrClNO. The van der Waals surface area contributed by atoms with Gasteiger partial charge in [0.2, 0.25) is 5.91 Å². The molecule has 4 heteroatoms. The van der Waals surface area contributed by atoms with Crippen LogP contribution >= 0.6 is 27.5 Å². The molecule has 1 N–H and O–H groups in total. The first-order valence-corrected chi connectivity index (χ1v) is 9.36. The molecule has 2 atom stereocenters. The fourth-order valence-electron chi connectivity index (χ4n) is 5.64. The van der Waals surface area contributed by atoms with Gasteiger partial charge in [0.15, 0.2) is 0 Å². The number of amides is 1. The van der Waals surface area contributed by atoms with Gasteiger partial charge in [0.1, 0.15) is 0 Å². The summed E-state index contributed by atoms with van der Waals surface area (Å²) in [6.45, 7) is 0. The van der Waals surface area contributed by atoms with Crippen LogP contribution in [0, 0.1) is 17.3 Å². The van der Waals surface area contributed by atoms with Gasteiger partial charge < -0.3 is 5.32 Å². The Hall–Kier alpha value is -0.540. The summed E-state index contributed by atoms with van der Waals surface area (Å²) in [5.41, 5.74) is 0.936. The molecule has 1 aromatic carbocycles. The molecule has 2 nitrogen and oxygen atoms in total. The molecule has 118 valence electrons. The molecule has 0 radical (unpaired) electrons. The van der Waals surface area contributed by atoms with Crippen molar-refractivity contribution in [1.82, 2.24) is 0 Å². The van der Waals surface area contributed by atoms with Crippen molar-refractivity contribution in [3.63, 3.8) is 0 Å². The van der Waals surface area contributed by atoms with Crippen molar-refractivity contribution in [2.75, 3.05) is 5.32 Å². The summed E-state index contributed by atoms with van der Waals surface area (Å²) in [5, 5.41) is 3.62. The molecule has 4 saturated carbocycles. The molecule has 1 amide bonds. The molecule has 0 aliphatic heterocycles. The highest BCUT2D eigenvalue weighted by Crippen LogP contribution is 2.65. The van der Waals surface area contributed by atoms with Gasteiger partial charge in [0.25, 0.3) is 0 Å². The minimum atomic E-state index is 0.117. The van der Waals surface area contributed by atoms with Crippen molar-refractivity contribution in [3.05, 3.63) is 29.3 Å². The second-order valence-corrected chi connectivity index (χ2v) is 9.91. The largest absolute Gasteiger partial charge is 0.325 e. The molecule has 4 aliphatic rings. The standard InChI is InChI=1S/C18H21BrClNO/c19-18-8-12-5-13(9-18)7-17(6-12,11-18)10-16(22)21-15-4-2-1-3-14(15)20/h1-4,12-13H,5-11H2,(H,21,22). The Morgan fingerprint density at radius 1 is 1.23 bits per heavy atom. The van der Waals surface area contributed by atoms with Crippen LogP contribution in [0.1, 0.15) is 44.9 Å². The lowest BCUT2D eigenvalue weighted by Crippen LogP contribution is -2.53. The lowest BCUT2D eigenvalue weighted by atomic mass is 9.48. The lowest BCUT2D eigenvalue weighted by Gasteiger charge is -2.60. The summed E-state index contributed by atoms with van der Waals surface area (Å²) >= 11 is 10.2. The molecule has 0 spiro atoms. The van der Waals surface area contributed by atoms with Crippen LogP contribution in [0.5, 0.6) is 0 Å². The van der Waals surface area contributed by atoms with E-state index in [1.807, 2.05) is 24.3 Å². The number of anilines is 1. The topological polar surface area (TPSA) is 29.1 Å². The fourth-order valence-corrected chi connectivity index (χ4v) is 7.33. The van der Waals surface area contributed by atoms with Crippen LogP contribution in [0.15, 0.2) is 24.3 Å². The van der Waals surface area contributed by atoms with Crippen molar-refractivity contribution < 1.29 is 4.79 Å². The highest BCUT2D eigenvalue weighted by molar-refractivity contribution is 9.10. The number of hydrogen-bond acceptors (Lipinski definition) is 1. The van der Waals surface area contributed by atoms with E-state index < -0.39 is 0 Å². The zero-order valence-corrected chi connectivity index (χ0v) is 14.9. The predicted molar refractivity (Wildman–Crippen MR) is 93.5 cm³/mol. The zero-order chi connectivity index (χ0) is 15.4. The molecule has 0 heterocycles. The third-order valence-corrected chi connectivity index (χ3v) is 7.05. The third-order valence-electron chi connectivity index (χ3n) is 5.79. The zero-order valence-electron chi connectivity index (χ0n) is 12.6. The Labute approximate surface area is 145 Å². The van der Waals surface area contributed by atoms with Crippen LogP contribution in [0.25, 0.3) is 0 Å². The highest BCUT2D eigenvalue weighted by atomic mass is 79.9. The summed E-state index contributed by atoms with van der Waals surface area (Å²) in [5.74, 6) is 1.74. The summed E-state index contributed by atoms with van der Waals surface area (Å²) < 4.78 is 0.307. The molecule has 4 bridgehead atoms. The van der Waals surface area contributed by atoms with Gasteiger partial charge in [-0.25, -0.2) is 0 Å². The Morgan fingerprint density at radius 3 is 2.55 bits per heavy atom. The maximum Gasteiger partial charge on any atom is 0.224 e. The SMILES string of the molecule is O=C(CC12CC3CC(CC(Br)(C3)C1)C2)Nc1ccccc1Cl. The van der Waals surface area contributed by atoms with E-state index in [2.05, 4.69) is 21.2 Å². The minimum absolute atomic E-state index is 0.117. The van der Waals surface area contributed by atoms with E-state index in [9.17, 15) is 4.79 Å². The van der Waals surface area contributed by atoms with Gasteiger partial charge in [-0.1, -0.05) is 39.7 Å². The Bertz CT molecular complexity index is 603. The average Bonchev–Trinajstić information content (AvgIpc) is 2.37. The van der Waals surface area contributed by atoms with Crippen LogP contribution in [0.4, 0.5) is 5.69 Å². The smallest absolute Gasteiger partial charge is 0.224 e. The summed E-state index contributed by atoms with van der Waals surface area (Å²) in [4.78, 5) is 12.6. The van der Waals surface area contributed by atoms with Crippen molar-refractivity contribution in [3.8, 4) is 0 Å². The molecular weight excluding hydrogens is 362 g/mol. The van der Waals surface area contributed by atoms with E-state index in [4.69, 9.17) is 11.6 Å². The maximum absolute atomic E-state index is 12.6. The molecule has 4 fully saturated rings. The molecule has 1 aromatic rings. The van der Waals surface area contributed by atoms with Crippen molar-refractivity contribution in [2.24, 2.45) is 17.3 Å². The number of halogens is 2. The first-order chi connectivity index (χ1) is 10.5. The number of hydrogen-bond donors (Lipinski definition) is 1. The van der Waals surface area contributed by atoms with Crippen LogP contribution in [-0.2, 0) is 4.79 Å². The van der Waals surface area contributed by atoms with Gasteiger partial charge in [-0.15, -0.1) is 0 Å². The minimum Gasteiger partial charge on any atom is -0.325 e. The summed E-state index contributed by atoms with van der Waals surface area (Å²) in [7, 11) is 0. The number of nitrogens with one attached hydrogen (secondary N) is 1. The van der Waals surface area contributed by atoms with Gasteiger partial charge >= 0.3 is 0 Å². The second kappa shape index (κ2) is 5.24. The number of carbonyl (C=O) groups is 1. The molecule has 4 aliphatic carbocycles. The molecule has 22 heavy (non-hydrogen) atoms. The Morgan fingerprint density at radius 2 is 1.91 bits per heavy atom. The van der Waals surface area contributed by atoms with E-state index in [1.54, 1.807) is 0 Å². The van der Waals surface area contributed by atoms with E-state index in [0.29, 0.717) is 15.8 Å². The van der Waals surface area contributed by atoms with E-state index in [0.717, 1.165) is 23.9 Å². The van der Waals surface area contributed by atoms with Gasteiger partial charge in [-0.2, -0.15) is 0 Å². The van der Waals surface area contributed by atoms with Crippen LogP contribution in [-0.4, -0.2) is 10.2 Å². The normalized spacial score (nSPS) is 39.0. The number of para-hydroxylation sites is 1. The lowest BCUT2D eigenvalue weighted by molar-refractivity contribution is -0.123. The van der Waals surface area contributed by atoms with E-state index in [1.165, 1.54) is 32.1 Å². The summed E-state index contributed by atoms with van der Waals surface area (Å²) in [6.07, 6.45) is 8.23. The maximum atomic E-state index is 12.6. The molecule has 0 aromatic heterocycles. The van der Waals surface area contributed by atoms with Crippen LogP contribution in [0.2, 0.25) is 5.02 Å². The number of alkyl halides is 1. The van der Waals surface area contributed by atoms with E-state index in [-0.39, 0.29) is 11.3 Å². The van der Waals surface area contributed by atoms with Gasteiger partial charge in [0.05, 0.1) is 10.7 Å². The molecule has 0 saturated heterocycles. The molecule has 5 rings (SSSR count). The Balaban J connectivity index is 1.49. The number of benzene rings is 1. The monoisotopic (exact) mass is 381 g/mol. The first kappa shape index (κ1) is 15.0. The third kappa shape index (κ3) is 2.71. The van der Waals surface area contributed by atoms with Crippen molar-refractivity contribution >= 4 is 39.1 Å². The number of rotatable bonds is 3. The average molecular weight is 383 g/mol. The van der Waals surface area contributed by atoms with Crippen LogP contribution < -0.4 is 5.32 Å². The van der Waals surface area contributed by atoms with E-state index >= 15 is 0 Å². The Kier molecular flexibility index (Phi) is 3.58. The van der Waals surface area contributed by atoms with Gasteiger partial charge in [-0.3, -0.25) is 4.79 Å². The van der Waals surface area contributed by atoms with Gasteiger partial charge in [0, 0.05) is 10.7 Å². The van der Waals surface area contributed by atoms with Crippen molar-refractivity contribution in [1.29, 1.82) is 0 Å². The highest BCUT2D eigenvalue weighted by Gasteiger charge is 2.57. The predicted octanol–water partition coefficient (Wildman–Crippen LogP) is 5.40. The van der Waals surface area contributed by atoms with Crippen LogP contribution in [0.3, 0.4) is 0 Å². The first-order valence-electron chi connectivity index (χ1n) is 8.19. The molecule has 2 unspecified atom stereocenters. The second-order valence-electron chi connectivity index (χ2n) is 7.82.